The molecular weight excluding hydrogens is 303 g/mol. The number of nitrogens with zero attached hydrogens (tertiary/aromatic N) is 1. The Hall–Kier alpha value is -1.09. The molecule has 0 saturated heterocycles. The van der Waals surface area contributed by atoms with E-state index in [-0.39, 0.29) is 6.04 Å². The van der Waals surface area contributed by atoms with Crippen molar-refractivity contribution >= 4 is 23.2 Å². The fourth-order valence-electron chi connectivity index (χ4n) is 3.30. The summed E-state index contributed by atoms with van der Waals surface area (Å²) >= 11 is 12.6. The summed E-state index contributed by atoms with van der Waals surface area (Å²) in [6.45, 7) is 0. The summed E-state index contributed by atoms with van der Waals surface area (Å²) in [4.78, 5) is 4.63. The van der Waals surface area contributed by atoms with Gasteiger partial charge in [-0.3, -0.25) is 4.98 Å². The number of rotatable bonds is 3. The lowest BCUT2D eigenvalue weighted by Gasteiger charge is -2.32. The highest BCUT2D eigenvalue weighted by molar-refractivity contribution is 6.33. The van der Waals surface area contributed by atoms with Crippen molar-refractivity contribution in [2.75, 3.05) is 7.05 Å². The van der Waals surface area contributed by atoms with Crippen LogP contribution in [-0.2, 0) is 6.42 Å². The molecule has 2 atom stereocenters. The van der Waals surface area contributed by atoms with Crippen LogP contribution in [-0.4, -0.2) is 12.0 Å². The minimum Gasteiger partial charge on any atom is -0.312 e. The maximum Gasteiger partial charge on any atom is 0.0485 e. The molecule has 1 heterocycles. The number of hydrogen-bond donors (Lipinski definition) is 1. The third kappa shape index (κ3) is 2.94. The van der Waals surface area contributed by atoms with Gasteiger partial charge in [-0.1, -0.05) is 29.3 Å². The van der Waals surface area contributed by atoms with E-state index < -0.39 is 0 Å². The summed E-state index contributed by atoms with van der Waals surface area (Å²) in [7, 11) is 1.97. The smallest absolute Gasteiger partial charge is 0.0485 e. The Labute approximate surface area is 135 Å². The number of halogens is 2. The second-order valence-corrected chi connectivity index (χ2v) is 6.32. The van der Waals surface area contributed by atoms with E-state index in [2.05, 4.69) is 16.4 Å². The largest absolute Gasteiger partial charge is 0.312 e. The first-order chi connectivity index (χ1) is 10.2. The van der Waals surface area contributed by atoms with Gasteiger partial charge in [0.15, 0.2) is 0 Å². The number of hydrogen-bond acceptors (Lipinski definition) is 2. The number of likely N-dealkylation sites (N-methyl/N-ethyl adjacent to an activating group) is 1. The van der Waals surface area contributed by atoms with E-state index >= 15 is 0 Å². The lowest BCUT2D eigenvalue weighted by Crippen LogP contribution is -2.27. The fourth-order valence-corrected chi connectivity index (χ4v) is 3.71. The van der Waals surface area contributed by atoms with Crippen molar-refractivity contribution in [1.82, 2.24) is 10.3 Å². The molecule has 0 bridgehead atoms. The van der Waals surface area contributed by atoms with Crippen LogP contribution in [0.5, 0.6) is 0 Å². The molecule has 0 radical (unpaired) electrons. The summed E-state index contributed by atoms with van der Waals surface area (Å²) in [5, 5.41) is 4.88. The van der Waals surface area contributed by atoms with Gasteiger partial charge < -0.3 is 5.32 Å². The molecule has 0 spiro atoms. The molecule has 0 saturated carbocycles. The van der Waals surface area contributed by atoms with Crippen molar-refractivity contribution in [3.63, 3.8) is 0 Å². The molecule has 0 aliphatic heterocycles. The van der Waals surface area contributed by atoms with Gasteiger partial charge in [0.2, 0.25) is 0 Å². The van der Waals surface area contributed by atoms with Gasteiger partial charge in [0.05, 0.1) is 0 Å². The van der Waals surface area contributed by atoms with Crippen molar-refractivity contribution in [1.29, 1.82) is 0 Å². The van der Waals surface area contributed by atoms with Crippen LogP contribution in [0.1, 0.15) is 41.6 Å². The molecule has 1 aliphatic carbocycles. The Balaban J connectivity index is 2.03. The first-order valence-electron chi connectivity index (χ1n) is 7.26. The van der Waals surface area contributed by atoms with Gasteiger partial charge in [-0.15, -0.1) is 0 Å². The van der Waals surface area contributed by atoms with Crippen LogP contribution < -0.4 is 5.32 Å². The van der Waals surface area contributed by atoms with Crippen LogP contribution in [0.3, 0.4) is 0 Å². The normalized spacial score (nSPS) is 19.1. The van der Waals surface area contributed by atoms with Crippen LogP contribution in [0.4, 0.5) is 0 Å². The lowest BCUT2D eigenvalue weighted by atomic mass is 9.79. The molecule has 0 fully saturated rings. The van der Waals surface area contributed by atoms with E-state index in [4.69, 9.17) is 23.2 Å². The number of pyridine rings is 1. The molecule has 1 aliphatic rings. The summed E-state index contributed by atoms with van der Waals surface area (Å²) < 4.78 is 0. The maximum atomic E-state index is 6.40. The predicted molar refractivity (Wildman–Crippen MR) is 88.2 cm³/mol. The molecule has 0 amide bonds. The van der Waals surface area contributed by atoms with Crippen molar-refractivity contribution in [2.45, 2.75) is 31.2 Å². The highest BCUT2D eigenvalue weighted by Crippen LogP contribution is 2.41. The molecule has 3 rings (SSSR count). The minimum absolute atomic E-state index is 0.130. The van der Waals surface area contributed by atoms with E-state index in [1.165, 1.54) is 17.7 Å². The molecule has 1 aromatic heterocycles. The zero-order valence-electron chi connectivity index (χ0n) is 11.9. The SMILES string of the molecule is CNC(c1cc(Cl)ccc1Cl)C1CCCc2cccnc21. The van der Waals surface area contributed by atoms with Gasteiger partial charge >= 0.3 is 0 Å². The summed E-state index contributed by atoms with van der Waals surface area (Å²) in [6, 6.07) is 9.98. The third-order valence-electron chi connectivity index (χ3n) is 4.25. The standard InChI is InChI=1S/C17H18Cl2N2/c1-20-17(14-10-12(18)7-8-15(14)19)13-6-2-4-11-5-3-9-21-16(11)13/h3,5,7-10,13,17,20H,2,4,6H2,1H3. The second-order valence-electron chi connectivity index (χ2n) is 5.48. The average Bonchev–Trinajstić information content (AvgIpc) is 2.51. The first kappa shape index (κ1) is 14.8. The average molecular weight is 321 g/mol. The van der Waals surface area contributed by atoms with E-state index in [9.17, 15) is 0 Å². The number of aryl methyl sites for hydroxylation is 1. The van der Waals surface area contributed by atoms with E-state index in [0.29, 0.717) is 10.9 Å². The molecule has 4 heteroatoms. The zero-order chi connectivity index (χ0) is 14.8. The fraction of sp³-hybridized carbons (Fsp3) is 0.353. The van der Waals surface area contributed by atoms with Crippen LogP contribution in [0.2, 0.25) is 10.0 Å². The number of fused-ring (bicyclic) bond motifs is 1. The topological polar surface area (TPSA) is 24.9 Å². The van der Waals surface area contributed by atoms with Crippen LogP contribution in [0, 0.1) is 0 Å². The molecular formula is C17H18Cl2N2. The Morgan fingerprint density at radius 2 is 2.14 bits per heavy atom. The summed E-state index contributed by atoms with van der Waals surface area (Å²) in [6.07, 6.45) is 5.28. The van der Waals surface area contributed by atoms with Crippen molar-refractivity contribution in [3.8, 4) is 0 Å². The van der Waals surface area contributed by atoms with Gasteiger partial charge in [-0.05, 0) is 61.7 Å². The first-order valence-corrected chi connectivity index (χ1v) is 8.02. The van der Waals surface area contributed by atoms with Crippen molar-refractivity contribution < 1.29 is 0 Å². The summed E-state index contributed by atoms with van der Waals surface area (Å²) in [5.41, 5.74) is 3.60. The van der Waals surface area contributed by atoms with Gasteiger partial charge in [0, 0.05) is 33.9 Å². The zero-order valence-corrected chi connectivity index (χ0v) is 13.5. The molecule has 2 unspecified atom stereocenters. The quantitative estimate of drug-likeness (QED) is 0.881. The molecule has 21 heavy (non-hydrogen) atoms. The molecule has 2 nitrogen and oxygen atoms in total. The van der Waals surface area contributed by atoms with Crippen LogP contribution >= 0.6 is 23.2 Å². The molecule has 1 aromatic carbocycles. The molecule has 110 valence electrons. The lowest BCUT2D eigenvalue weighted by molar-refractivity contribution is 0.416. The van der Waals surface area contributed by atoms with Gasteiger partial charge in [0.25, 0.3) is 0 Å². The van der Waals surface area contributed by atoms with E-state index in [1.54, 1.807) is 0 Å². The third-order valence-corrected chi connectivity index (χ3v) is 4.82. The van der Waals surface area contributed by atoms with Crippen molar-refractivity contribution in [2.24, 2.45) is 0 Å². The monoisotopic (exact) mass is 320 g/mol. The highest BCUT2D eigenvalue weighted by atomic mass is 35.5. The van der Waals surface area contributed by atoms with Gasteiger partial charge in [-0.25, -0.2) is 0 Å². The Morgan fingerprint density at radius 1 is 1.29 bits per heavy atom. The minimum atomic E-state index is 0.130. The van der Waals surface area contributed by atoms with Gasteiger partial charge in [0.1, 0.15) is 0 Å². The van der Waals surface area contributed by atoms with E-state index in [0.717, 1.165) is 23.4 Å². The second kappa shape index (κ2) is 6.35. The van der Waals surface area contributed by atoms with Crippen LogP contribution in [0.25, 0.3) is 0 Å². The Morgan fingerprint density at radius 3 is 2.95 bits per heavy atom. The van der Waals surface area contributed by atoms with Crippen LogP contribution in [0.15, 0.2) is 36.5 Å². The Bertz CT molecular complexity index is 642. The van der Waals surface area contributed by atoms with Crippen molar-refractivity contribution in [3.05, 3.63) is 63.4 Å². The molecule has 2 aromatic rings. The maximum absolute atomic E-state index is 6.40. The van der Waals surface area contributed by atoms with Gasteiger partial charge in [-0.2, -0.15) is 0 Å². The number of nitrogens with one attached hydrogen (secondary N) is 1. The number of aromatic nitrogens is 1. The highest BCUT2D eigenvalue weighted by Gasteiger charge is 2.30. The molecule has 1 N–H and O–H groups in total. The number of benzene rings is 1. The predicted octanol–water partition coefficient (Wildman–Crippen LogP) is 4.77. The Kier molecular flexibility index (Phi) is 4.48. The van der Waals surface area contributed by atoms with E-state index in [1.807, 2.05) is 37.5 Å². The summed E-state index contributed by atoms with van der Waals surface area (Å²) in [5.74, 6) is 0.330.